The van der Waals surface area contributed by atoms with Gasteiger partial charge in [0.05, 0.1) is 19.9 Å². The van der Waals surface area contributed by atoms with Gasteiger partial charge in [-0.1, -0.05) is 6.92 Å². The Morgan fingerprint density at radius 1 is 1.31 bits per heavy atom. The summed E-state index contributed by atoms with van der Waals surface area (Å²) in [6.07, 6.45) is 1.09. The van der Waals surface area contributed by atoms with Gasteiger partial charge in [0, 0.05) is 0 Å². The molecule has 0 aromatic heterocycles. The van der Waals surface area contributed by atoms with Gasteiger partial charge in [0.15, 0.2) is 0 Å². The molecule has 0 aromatic carbocycles. The Kier molecular flexibility index (Phi) is 9.80. The Morgan fingerprint density at radius 2 is 2.08 bits per heavy atom. The lowest BCUT2D eigenvalue weighted by atomic mass is 10.5. The SMILES string of the molecule is CCNC(C)OCCCOCNC. The van der Waals surface area contributed by atoms with Gasteiger partial charge in [-0.3, -0.25) is 10.6 Å². The van der Waals surface area contributed by atoms with Crippen molar-refractivity contribution < 1.29 is 9.47 Å². The van der Waals surface area contributed by atoms with E-state index in [4.69, 9.17) is 9.47 Å². The summed E-state index contributed by atoms with van der Waals surface area (Å²) in [5, 5.41) is 6.08. The fourth-order valence-electron chi connectivity index (χ4n) is 0.942. The van der Waals surface area contributed by atoms with Crippen molar-refractivity contribution in [2.24, 2.45) is 0 Å². The first kappa shape index (κ1) is 12.8. The Morgan fingerprint density at radius 3 is 2.69 bits per heavy atom. The van der Waals surface area contributed by atoms with Gasteiger partial charge >= 0.3 is 0 Å². The van der Waals surface area contributed by atoms with E-state index in [0.29, 0.717) is 6.73 Å². The quantitative estimate of drug-likeness (QED) is 0.411. The first-order chi connectivity index (χ1) is 6.31. The molecule has 0 aliphatic carbocycles. The van der Waals surface area contributed by atoms with Crippen LogP contribution < -0.4 is 10.6 Å². The van der Waals surface area contributed by atoms with Gasteiger partial charge in [-0.05, 0) is 26.9 Å². The number of ether oxygens (including phenoxy) is 2. The number of rotatable bonds is 9. The number of hydrogen-bond donors (Lipinski definition) is 2. The van der Waals surface area contributed by atoms with Crippen molar-refractivity contribution in [1.29, 1.82) is 0 Å². The van der Waals surface area contributed by atoms with Gasteiger partial charge in [-0.25, -0.2) is 0 Å². The molecule has 0 heterocycles. The summed E-state index contributed by atoms with van der Waals surface area (Å²) in [7, 11) is 1.86. The van der Waals surface area contributed by atoms with Gasteiger partial charge in [0.25, 0.3) is 0 Å². The van der Waals surface area contributed by atoms with Crippen LogP contribution in [0, 0.1) is 0 Å². The van der Waals surface area contributed by atoms with Gasteiger partial charge in [0.1, 0.15) is 6.23 Å². The minimum atomic E-state index is 0.148. The Labute approximate surface area is 81.0 Å². The van der Waals surface area contributed by atoms with E-state index in [1.165, 1.54) is 0 Å². The highest BCUT2D eigenvalue weighted by Gasteiger charge is 1.97. The predicted molar refractivity (Wildman–Crippen MR) is 53.6 cm³/mol. The van der Waals surface area contributed by atoms with Crippen LogP contribution in [0.15, 0.2) is 0 Å². The van der Waals surface area contributed by atoms with Gasteiger partial charge < -0.3 is 9.47 Å². The summed E-state index contributed by atoms with van der Waals surface area (Å²) in [5.41, 5.74) is 0. The van der Waals surface area contributed by atoms with Crippen LogP contribution in [0.3, 0.4) is 0 Å². The van der Waals surface area contributed by atoms with Gasteiger partial charge in [-0.2, -0.15) is 0 Å². The largest absolute Gasteiger partial charge is 0.366 e. The second-order valence-corrected chi connectivity index (χ2v) is 2.83. The molecule has 4 nitrogen and oxygen atoms in total. The van der Waals surface area contributed by atoms with E-state index >= 15 is 0 Å². The molecular weight excluding hydrogens is 168 g/mol. The predicted octanol–water partition coefficient (Wildman–Crippen LogP) is 0.542. The molecule has 2 N–H and O–H groups in total. The molecule has 0 spiro atoms. The molecule has 0 aliphatic heterocycles. The van der Waals surface area contributed by atoms with Crippen molar-refractivity contribution >= 4 is 0 Å². The number of nitrogens with one attached hydrogen (secondary N) is 2. The average Bonchev–Trinajstić information content (AvgIpc) is 2.11. The molecule has 0 radical (unpaired) electrons. The Hall–Kier alpha value is -0.160. The zero-order valence-corrected chi connectivity index (χ0v) is 8.93. The first-order valence-corrected chi connectivity index (χ1v) is 4.88. The lowest BCUT2D eigenvalue weighted by molar-refractivity contribution is 0.0246. The average molecular weight is 190 g/mol. The second-order valence-electron chi connectivity index (χ2n) is 2.83. The summed E-state index contributed by atoms with van der Waals surface area (Å²) < 4.78 is 10.7. The van der Waals surface area contributed by atoms with Crippen molar-refractivity contribution in [2.75, 3.05) is 33.5 Å². The Bertz CT molecular complexity index is 102. The third-order valence-electron chi connectivity index (χ3n) is 1.54. The maximum absolute atomic E-state index is 5.45. The van der Waals surface area contributed by atoms with E-state index < -0.39 is 0 Å². The molecule has 0 saturated carbocycles. The lowest BCUT2D eigenvalue weighted by Gasteiger charge is -2.13. The van der Waals surface area contributed by atoms with E-state index in [-0.39, 0.29) is 6.23 Å². The van der Waals surface area contributed by atoms with Crippen molar-refractivity contribution in [3.63, 3.8) is 0 Å². The van der Waals surface area contributed by atoms with Crippen molar-refractivity contribution in [2.45, 2.75) is 26.5 Å². The molecule has 1 unspecified atom stereocenters. The Balaban J connectivity index is 2.97. The molecule has 0 aromatic rings. The molecule has 4 heteroatoms. The van der Waals surface area contributed by atoms with Crippen LogP contribution in [0.1, 0.15) is 20.3 Å². The van der Waals surface area contributed by atoms with Crippen LogP contribution in [0.4, 0.5) is 0 Å². The summed E-state index contributed by atoms with van der Waals surface area (Å²) in [4.78, 5) is 0. The molecule has 1 atom stereocenters. The molecule has 0 aliphatic rings. The third kappa shape index (κ3) is 9.76. The maximum Gasteiger partial charge on any atom is 0.105 e. The summed E-state index contributed by atoms with van der Waals surface area (Å²) in [5.74, 6) is 0. The molecular formula is C9H22N2O2. The lowest BCUT2D eigenvalue weighted by Crippen LogP contribution is -2.28. The fraction of sp³-hybridized carbons (Fsp3) is 1.00. The normalized spacial score (nSPS) is 13.2. The highest BCUT2D eigenvalue weighted by atomic mass is 16.5. The van der Waals surface area contributed by atoms with Crippen LogP contribution >= 0.6 is 0 Å². The van der Waals surface area contributed by atoms with Gasteiger partial charge in [0.2, 0.25) is 0 Å². The molecule has 0 rings (SSSR count). The van der Waals surface area contributed by atoms with E-state index in [0.717, 1.165) is 26.2 Å². The molecule has 80 valence electrons. The zero-order valence-electron chi connectivity index (χ0n) is 8.93. The molecule has 0 bridgehead atoms. The standard InChI is InChI=1S/C9H22N2O2/c1-4-11-9(2)13-7-5-6-12-8-10-3/h9-11H,4-8H2,1-3H3. The monoisotopic (exact) mass is 190 g/mol. The van der Waals surface area contributed by atoms with Crippen molar-refractivity contribution in [3.8, 4) is 0 Å². The minimum absolute atomic E-state index is 0.148. The third-order valence-corrected chi connectivity index (χ3v) is 1.54. The highest BCUT2D eigenvalue weighted by molar-refractivity contribution is 4.44. The van der Waals surface area contributed by atoms with Crippen LogP contribution in [0.5, 0.6) is 0 Å². The van der Waals surface area contributed by atoms with Crippen LogP contribution in [-0.2, 0) is 9.47 Å². The van der Waals surface area contributed by atoms with E-state index in [9.17, 15) is 0 Å². The molecule has 0 fully saturated rings. The maximum atomic E-state index is 5.45. The summed E-state index contributed by atoms with van der Waals surface area (Å²) >= 11 is 0. The summed E-state index contributed by atoms with van der Waals surface area (Å²) in [6, 6.07) is 0. The van der Waals surface area contributed by atoms with Crippen LogP contribution in [-0.4, -0.2) is 39.8 Å². The highest BCUT2D eigenvalue weighted by Crippen LogP contribution is 1.89. The number of hydrogen-bond acceptors (Lipinski definition) is 4. The smallest absolute Gasteiger partial charge is 0.105 e. The molecule has 13 heavy (non-hydrogen) atoms. The fourth-order valence-corrected chi connectivity index (χ4v) is 0.942. The summed E-state index contributed by atoms with van der Waals surface area (Å²) in [6.45, 7) is 7.13. The zero-order chi connectivity index (χ0) is 9.94. The minimum Gasteiger partial charge on any atom is -0.366 e. The molecule has 0 amide bonds. The first-order valence-electron chi connectivity index (χ1n) is 4.88. The molecule has 0 saturated heterocycles. The second kappa shape index (κ2) is 9.92. The van der Waals surface area contributed by atoms with Crippen molar-refractivity contribution in [3.05, 3.63) is 0 Å². The van der Waals surface area contributed by atoms with E-state index in [2.05, 4.69) is 17.6 Å². The van der Waals surface area contributed by atoms with Crippen LogP contribution in [0.2, 0.25) is 0 Å². The topological polar surface area (TPSA) is 42.5 Å². The van der Waals surface area contributed by atoms with E-state index in [1.807, 2.05) is 14.0 Å². The van der Waals surface area contributed by atoms with Gasteiger partial charge in [-0.15, -0.1) is 0 Å². The van der Waals surface area contributed by atoms with Crippen molar-refractivity contribution in [1.82, 2.24) is 10.6 Å². The van der Waals surface area contributed by atoms with Crippen LogP contribution in [0.25, 0.3) is 0 Å². The van der Waals surface area contributed by atoms with E-state index in [1.54, 1.807) is 0 Å².